The Morgan fingerprint density at radius 2 is 1.45 bits per heavy atom. The summed E-state index contributed by atoms with van der Waals surface area (Å²) in [6.45, 7) is 3.76. The van der Waals surface area contributed by atoms with E-state index in [1.54, 1.807) is 0 Å². The minimum atomic E-state index is 0.492. The molecule has 2 aromatic heterocycles. The molecule has 0 fully saturated rings. The lowest BCUT2D eigenvalue weighted by Crippen LogP contribution is -2.05. The highest BCUT2D eigenvalue weighted by Crippen LogP contribution is 2.11. The topological polar surface area (TPSA) is 89.7 Å². The standard InChI is InChI=1S/C13H13N7/c1-3-5-11(13-18-8-15-9-19-13)20-10(4-2)12-16-6-14-7-17-12/h3-9H,1-2H3/b5-3-,10-4-,20-11+. The van der Waals surface area contributed by atoms with E-state index in [4.69, 9.17) is 0 Å². The van der Waals surface area contributed by atoms with Crippen LogP contribution in [-0.4, -0.2) is 35.6 Å². The third kappa shape index (κ3) is 3.35. The smallest absolute Gasteiger partial charge is 0.181 e. The maximum absolute atomic E-state index is 4.51. The maximum Gasteiger partial charge on any atom is 0.181 e. The van der Waals surface area contributed by atoms with Gasteiger partial charge in [0, 0.05) is 0 Å². The van der Waals surface area contributed by atoms with Crippen LogP contribution >= 0.6 is 0 Å². The van der Waals surface area contributed by atoms with Crippen LogP contribution in [0.15, 0.2) is 48.5 Å². The molecule has 100 valence electrons. The van der Waals surface area contributed by atoms with Crippen LogP contribution in [0.5, 0.6) is 0 Å². The molecule has 0 aliphatic rings. The average Bonchev–Trinajstić information content (AvgIpc) is 2.53. The Balaban J connectivity index is 2.43. The van der Waals surface area contributed by atoms with Gasteiger partial charge in [-0.2, -0.15) is 0 Å². The average molecular weight is 267 g/mol. The van der Waals surface area contributed by atoms with Crippen LogP contribution in [0.2, 0.25) is 0 Å². The Morgan fingerprint density at radius 3 is 1.95 bits per heavy atom. The second kappa shape index (κ2) is 6.93. The zero-order valence-corrected chi connectivity index (χ0v) is 11.2. The number of aliphatic imine (C=N–C) groups is 1. The molecule has 0 aliphatic heterocycles. The van der Waals surface area contributed by atoms with Crippen molar-refractivity contribution in [3.8, 4) is 0 Å². The molecule has 0 spiro atoms. The van der Waals surface area contributed by atoms with Gasteiger partial charge in [0.25, 0.3) is 0 Å². The molecule has 0 unspecified atom stereocenters. The summed E-state index contributed by atoms with van der Waals surface area (Å²) in [4.78, 5) is 28.4. The SMILES string of the molecule is C\C=C/C(=N\C(=C/C)c1ncncn1)c1ncncn1. The lowest BCUT2D eigenvalue weighted by atomic mass is 10.3. The molecule has 0 atom stereocenters. The van der Waals surface area contributed by atoms with E-state index in [9.17, 15) is 0 Å². The van der Waals surface area contributed by atoms with Crippen molar-refractivity contribution in [2.45, 2.75) is 13.8 Å². The van der Waals surface area contributed by atoms with Gasteiger partial charge in [-0.25, -0.2) is 34.9 Å². The minimum Gasteiger partial charge on any atom is -0.241 e. The molecule has 7 nitrogen and oxygen atoms in total. The third-order valence-corrected chi connectivity index (χ3v) is 2.28. The van der Waals surface area contributed by atoms with Gasteiger partial charge in [-0.05, 0) is 19.9 Å². The number of aromatic nitrogens is 6. The van der Waals surface area contributed by atoms with Crippen LogP contribution < -0.4 is 0 Å². The van der Waals surface area contributed by atoms with E-state index in [-0.39, 0.29) is 0 Å². The zero-order chi connectivity index (χ0) is 14.2. The summed E-state index contributed by atoms with van der Waals surface area (Å²) in [5.74, 6) is 0.991. The van der Waals surface area contributed by atoms with Crippen molar-refractivity contribution in [3.05, 3.63) is 55.2 Å². The van der Waals surface area contributed by atoms with Crippen LogP contribution in [0.4, 0.5) is 0 Å². The number of hydrogen-bond acceptors (Lipinski definition) is 7. The predicted molar refractivity (Wildman–Crippen MR) is 74.7 cm³/mol. The fourth-order valence-corrected chi connectivity index (χ4v) is 1.44. The molecule has 0 saturated carbocycles. The fourth-order valence-electron chi connectivity index (χ4n) is 1.44. The molecule has 0 aromatic carbocycles. The highest BCUT2D eigenvalue weighted by atomic mass is 15.0. The van der Waals surface area contributed by atoms with E-state index in [0.717, 1.165) is 0 Å². The van der Waals surface area contributed by atoms with E-state index in [1.165, 1.54) is 25.3 Å². The first-order valence-electron chi connectivity index (χ1n) is 5.97. The molecule has 0 bridgehead atoms. The second-order valence-corrected chi connectivity index (χ2v) is 3.59. The Kier molecular flexibility index (Phi) is 4.71. The lowest BCUT2D eigenvalue weighted by Gasteiger charge is -2.02. The van der Waals surface area contributed by atoms with Crippen molar-refractivity contribution in [1.29, 1.82) is 0 Å². The van der Waals surface area contributed by atoms with Gasteiger partial charge in [0.15, 0.2) is 11.6 Å². The summed E-state index contributed by atoms with van der Waals surface area (Å²) in [5.41, 5.74) is 1.24. The highest BCUT2D eigenvalue weighted by Gasteiger charge is 2.07. The summed E-state index contributed by atoms with van der Waals surface area (Å²) in [5, 5.41) is 0. The summed E-state index contributed by atoms with van der Waals surface area (Å²) in [6.07, 6.45) is 11.2. The van der Waals surface area contributed by atoms with Crippen molar-refractivity contribution in [2.75, 3.05) is 0 Å². The van der Waals surface area contributed by atoms with E-state index in [2.05, 4.69) is 34.9 Å². The van der Waals surface area contributed by atoms with Crippen LogP contribution in [0, 0.1) is 0 Å². The van der Waals surface area contributed by atoms with E-state index >= 15 is 0 Å². The molecule has 2 heterocycles. The quantitative estimate of drug-likeness (QED) is 0.779. The molecular weight excluding hydrogens is 254 g/mol. The van der Waals surface area contributed by atoms with Crippen molar-refractivity contribution < 1.29 is 0 Å². The minimum absolute atomic E-state index is 0.492. The molecule has 0 saturated heterocycles. The predicted octanol–water partition coefficient (Wildman–Crippen LogP) is 1.48. The van der Waals surface area contributed by atoms with Crippen LogP contribution in [-0.2, 0) is 0 Å². The van der Waals surface area contributed by atoms with Gasteiger partial charge in [0.05, 0.1) is 0 Å². The Bertz CT molecular complexity index is 632. The van der Waals surface area contributed by atoms with Crippen LogP contribution in [0.25, 0.3) is 5.70 Å². The van der Waals surface area contributed by atoms with Gasteiger partial charge in [0.2, 0.25) is 0 Å². The molecule has 2 rings (SSSR count). The van der Waals surface area contributed by atoms with E-state index in [1.807, 2.05) is 32.1 Å². The molecule has 2 aromatic rings. The number of allylic oxidation sites excluding steroid dienone is 3. The zero-order valence-electron chi connectivity index (χ0n) is 11.2. The molecule has 20 heavy (non-hydrogen) atoms. The molecule has 0 amide bonds. The first kappa shape index (κ1) is 13.6. The maximum atomic E-state index is 4.51. The van der Waals surface area contributed by atoms with Crippen LogP contribution in [0.1, 0.15) is 25.5 Å². The molecule has 0 aliphatic carbocycles. The van der Waals surface area contributed by atoms with E-state index in [0.29, 0.717) is 23.1 Å². The summed E-state index contributed by atoms with van der Waals surface area (Å²) >= 11 is 0. The molecule has 7 heteroatoms. The van der Waals surface area contributed by atoms with Gasteiger partial charge in [-0.3, -0.25) is 0 Å². The van der Waals surface area contributed by atoms with Gasteiger partial charge in [0.1, 0.15) is 36.7 Å². The molecule has 0 N–H and O–H groups in total. The number of nitrogens with zero attached hydrogens (tertiary/aromatic N) is 7. The van der Waals surface area contributed by atoms with Crippen LogP contribution in [0.3, 0.4) is 0 Å². The van der Waals surface area contributed by atoms with E-state index < -0.39 is 0 Å². The van der Waals surface area contributed by atoms with Crippen molar-refractivity contribution in [1.82, 2.24) is 29.9 Å². The third-order valence-electron chi connectivity index (χ3n) is 2.28. The van der Waals surface area contributed by atoms with Gasteiger partial charge in [-0.1, -0.05) is 12.2 Å². The first-order valence-corrected chi connectivity index (χ1v) is 5.97. The summed E-state index contributed by atoms with van der Waals surface area (Å²) in [6, 6.07) is 0. The second-order valence-electron chi connectivity index (χ2n) is 3.59. The van der Waals surface area contributed by atoms with Gasteiger partial charge < -0.3 is 0 Å². The Hall–Kier alpha value is -2.83. The van der Waals surface area contributed by atoms with Crippen molar-refractivity contribution >= 4 is 11.4 Å². The van der Waals surface area contributed by atoms with Crippen molar-refractivity contribution in [2.24, 2.45) is 4.99 Å². The van der Waals surface area contributed by atoms with Gasteiger partial charge >= 0.3 is 0 Å². The lowest BCUT2D eigenvalue weighted by molar-refractivity contribution is 1.01. The fraction of sp³-hybridized carbons (Fsp3) is 0.154. The van der Waals surface area contributed by atoms with Crippen molar-refractivity contribution in [3.63, 3.8) is 0 Å². The largest absolute Gasteiger partial charge is 0.241 e. The summed E-state index contributed by atoms with van der Waals surface area (Å²) in [7, 11) is 0. The molecule has 0 radical (unpaired) electrons. The Labute approximate surface area is 116 Å². The highest BCUT2D eigenvalue weighted by molar-refractivity contribution is 6.08. The first-order chi connectivity index (χ1) is 9.85. The molecular formula is C13H13N7. The monoisotopic (exact) mass is 267 g/mol. The summed E-state index contributed by atoms with van der Waals surface area (Å²) < 4.78 is 0. The normalized spacial score (nSPS) is 12.9. The number of hydrogen-bond donors (Lipinski definition) is 0. The van der Waals surface area contributed by atoms with Gasteiger partial charge in [-0.15, -0.1) is 0 Å². The Morgan fingerprint density at radius 1 is 0.900 bits per heavy atom. The number of rotatable bonds is 4.